The number of hydrogen-bond donors (Lipinski definition) is 2. The van der Waals surface area contributed by atoms with E-state index in [1.807, 2.05) is 26.0 Å². The second-order valence-corrected chi connectivity index (χ2v) is 7.44. The molecule has 4 heteroatoms. The Bertz CT molecular complexity index is 728. The Morgan fingerprint density at radius 1 is 1.33 bits per heavy atom. The van der Waals surface area contributed by atoms with Crippen molar-refractivity contribution >= 4 is 11.7 Å². The fraction of sp³-hybridized carbons (Fsp3) is 0.500. The first-order valence-electron chi connectivity index (χ1n) is 8.90. The number of nitrogens with zero attached hydrogens (tertiary/aromatic N) is 1. The van der Waals surface area contributed by atoms with Crippen LogP contribution in [0.1, 0.15) is 67.8 Å². The van der Waals surface area contributed by atoms with E-state index in [0.29, 0.717) is 17.7 Å². The Kier molecular flexibility index (Phi) is 4.74. The highest BCUT2D eigenvalue weighted by molar-refractivity contribution is 5.95. The molecule has 1 saturated carbocycles. The third-order valence-electron chi connectivity index (χ3n) is 4.76. The standard InChI is InChI=1S/C20H27N3O/c1-12(2)10-15-6-5-7-17(11-15)13(3)20(24)21-19-14(4)18(22-23-19)16-8-9-16/h5-7,11-13,16H,8-10H2,1-4H3,(H2,21,22,23,24). The van der Waals surface area contributed by atoms with Crippen LogP contribution in [0.4, 0.5) is 5.82 Å². The number of carbonyl (C=O) groups is 1. The third kappa shape index (κ3) is 3.69. The molecule has 1 fully saturated rings. The van der Waals surface area contributed by atoms with Gasteiger partial charge in [-0.1, -0.05) is 38.1 Å². The van der Waals surface area contributed by atoms with E-state index in [9.17, 15) is 4.79 Å². The zero-order valence-electron chi connectivity index (χ0n) is 15.0. The van der Waals surface area contributed by atoms with Crippen LogP contribution < -0.4 is 5.32 Å². The van der Waals surface area contributed by atoms with E-state index in [2.05, 4.69) is 41.5 Å². The summed E-state index contributed by atoms with van der Waals surface area (Å²) in [5, 5.41) is 10.4. The van der Waals surface area contributed by atoms with Gasteiger partial charge in [0, 0.05) is 17.2 Å². The normalized spacial score (nSPS) is 15.5. The molecule has 2 aromatic rings. The van der Waals surface area contributed by atoms with Crippen LogP contribution in [0.25, 0.3) is 0 Å². The van der Waals surface area contributed by atoms with Crippen LogP contribution in [0, 0.1) is 12.8 Å². The molecule has 2 N–H and O–H groups in total. The first-order chi connectivity index (χ1) is 11.5. The molecule has 3 rings (SSSR count). The highest BCUT2D eigenvalue weighted by Gasteiger charge is 2.29. The molecule has 1 aliphatic carbocycles. The fourth-order valence-corrected chi connectivity index (χ4v) is 3.14. The number of hydrogen-bond acceptors (Lipinski definition) is 2. The largest absolute Gasteiger partial charge is 0.308 e. The zero-order chi connectivity index (χ0) is 17.3. The number of aromatic nitrogens is 2. The SMILES string of the molecule is Cc1c(NC(=O)C(C)c2cccc(CC(C)C)c2)n[nH]c1C1CC1. The Morgan fingerprint density at radius 3 is 2.75 bits per heavy atom. The highest BCUT2D eigenvalue weighted by Crippen LogP contribution is 2.41. The fourth-order valence-electron chi connectivity index (χ4n) is 3.14. The van der Waals surface area contributed by atoms with Crippen LogP contribution in [0.3, 0.4) is 0 Å². The molecular weight excluding hydrogens is 298 g/mol. The van der Waals surface area contributed by atoms with Crippen LogP contribution in [0.15, 0.2) is 24.3 Å². The molecule has 1 amide bonds. The van der Waals surface area contributed by atoms with Crippen LogP contribution in [0.5, 0.6) is 0 Å². The maximum Gasteiger partial charge on any atom is 0.232 e. The zero-order valence-corrected chi connectivity index (χ0v) is 15.0. The Balaban J connectivity index is 1.70. The van der Waals surface area contributed by atoms with Gasteiger partial charge in [0.05, 0.1) is 5.92 Å². The molecule has 1 unspecified atom stereocenters. The average molecular weight is 325 g/mol. The minimum atomic E-state index is -0.197. The first-order valence-corrected chi connectivity index (χ1v) is 8.90. The van der Waals surface area contributed by atoms with E-state index in [1.165, 1.54) is 24.1 Å². The molecule has 0 spiro atoms. The quantitative estimate of drug-likeness (QED) is 0.819. The van der Waals surface area contributed by atoms with Gasteiger partial charge in [-0.25, -0.2) is 0 Å². The van der Waals surface area contributed by atoms with Crippen LogP contribution >= 0.6 is 0 Å². The maximum absolute atomic E-state index is 12.6. The van der Waals surface area contributed by atoms with Crippen LogP contribution in [-0.2, 0) is 11.2 Å². The summed E-state index contributed by atoms with van der Waals surface area (Å²) in [6, 6.07) is 8.36. The molecule has 1 aliphatic rings. The van der Waals surface area contributed by atoms with E-state index in [0.717, 1.165) is 17.5 Å². The Labute approximate surface area is 144 Å². The Morgan fingerprint density at radius 2 is 2.08 bits per heavy atom. The molecule has 1 aromatic carbocycles. The summed E-state index contributed by atoms with van der Waals surface area (Å²) in [7, 11) is 0. The van der Waals surface area contributed by atoms with Gasteiger partial charge in [-0.2, -0.15) is 5.10 Å². The number of amides is 1. The lowest BCUT2D eigenvalue weighted by atomic mass is 9.95. The molecule has 0 aliphatic heterocycles. The summed E-state index contributed by atoms with van der Waals surface area (Å²) in [4.78, 5) is 12.6. The molecule has 24 heavy (non-hydrogen) atoms. The minimum Gasteiger partial charge on any atom is -0.308 e. The number of carbonyl (C=O) groups excluding carboxylic acids is 1. The Hall–Kier alpha value is -2.10. The maximum atomic E-state index is 12.6. The summed E-state index contributed by atoms with van der Waals surface area (Å²) < 4.78 is 0. The molecule has 1 aromatic heterocycles. The van der Waals surface area contributed by atoms with Gasteiger partial charge >= 0.3 is 0 Å². The summed E-state index contributed by atoms with van der Waals surface area (Å²) in [6.07, 6.45) is 3.47. The molecule has 128 valence electrons. The van der Waals surface area contributed by atoms with E-state index in [1.54, 1.807) is 0 Å². The smallest absolute Gasteiger partial charge is 0.232 e. The van der Waals surface area contributed by atoms with E-state index < -0.39 is 0 Å². The molecule has 0 radical (unpaired) electrons. The number of rotatable bonds is 6. The predicted octanol–water partition coefficient (Wildman–Crippen LogP) is 4.54. The van der Waals surface area contributed by atoms with Crippen molar-refractivity contribution in [3.8, 4) is 0 Å². The van der Waals surface area contributed by atoms with E-state index in [-0.39, 0.29) is 11.8 Å². The van der Waals surface area contributed by atoms with Crippen molar-refractivity contribution in [3.05, 3.63) is 46.6 Å². The predicted molar refractivity (Wildman–Crippen MR) is 97.3 cm³/mol. The van der Waals surface area contributed by atoms with Crippen molar-refractivity contribution in [2.24, 2.45) is 5.92 Å². The highest BCUT2D eigenvalue weighted by atomic mass is 16.1. The first kappa shape index (κ1) is 16.7. The van der Waals surface area contributed by atoms with Crippen molar-refractivity contribution in [1.29, 1.82) is 0 Å². The van der Waals surface area contributed by atoms with Gasteiger partial charge in [-0.15, -0.1) is 0 Å². The summed E-state index contributed by atoms with van der Waals surface area (Å²) in [5.41, 5.74) is 4.60. The number of aromatic amines is 1. The number of benzene rings is 1. The van der Waals surface area contributed by atoms with Gasteiger partial charge in [0.2, 0.25) is 5.91 Å². The summed E-state index contributed by atoms with van der Waals surface area (Å²) in [6.45, 7) is 8.40. The molecule has 4 nitrogen and oxygen atoms in total. The van der Waals surface area contributed by atoms with Crippen molar-refractivity contribution in [2.75, 3.05) is 5.32 Å². The van der Waals surface area contributed by atoms with Gasteiger partial charge in [0.15, 0.2) is 5.82 Å². The van der Waals surface area contributed by atoms with Crippen molar-refractivity contribution in [2.45, 2.75) is 58.8 Å². The minimum absolute atomic E-state index is 0.00589. The van der Waals surface area contributed by atoms with Gasteiger partial charge in [0.25, 0.3) is 0 Å². The molecular formula is C20H27N3O. The van der Waals surface area contributed by atoms with Crippen LogP contribution in [-0.4, -0.2) is 16.1 Å². The van der Waals surface area contributed by atoms with E-state index >= 15 is 0 Å². The number of nitrogens with one attached hydrogen (secondary N) is 2. The number of anilines is 1. The molecule has 1 atom stereocenters. The van der Waals surface area contributed by atoms with Crippen LogP contribution in [0.2, 0.25) is 0 Å². The van der Waals surface area contributed by atoms with Crippen molar-refractivity contribution in [1.82, 2.24) is 10.2 Å². The average Bonchev–Trinajstić information content (AvgIpc) is 3.32. The summed E-state index contributed by atoms with van der Waals surface area (Å²) >= 11 is 0. The third-order valence-corrected chi connectivity index (χ3v) is 4.76. The number of H-pyrrole nitrogens is 1. The van der Waals surface area contributed by atoms with Gasteiger partial charge < -0.3 is 5.32 Å². The molecule has 1 heterocycles. The van der Waals surface area contributed by atoms with E-state index in [4.69, 9.17) is 0 Å². The lowest BCUT2D eigenvalue weighted by Gasteiger charge is -2.14. The molecule has 0 saturated heterocycles. The summed E-state index contributed by atoms with van der Waals surface area (Å²) in [5.74, 6) is 1.68. The second-order valence-electron chi connectivity index (χ2n) is 7.44. The lowest BCUT2D eigenvalue weighted by molar-refractivity contribution is -0.117. The molecule has 0 bridgehead atoms. The monoisotopic (exact) mass is 325 g/mol. The van der Waals surface area contributed by atoms with Gasteiger partial charge in [0.1, 0.15) is 0 Å². The van der Waals surface area contributed by atoms with Crippen molar-refractivity contribution in [3.63, 3.8) is 0 Å². The van der Waals surface area contributed by atoms with Crippen molar-refractivity contribution < 1.29 is 4.79 Å². The lowest BCUT2D eigenvalue weighted by Crippen LogP contribution is -2.19. The topological polar surface area (TPSA) is 57.8 Å². The second kappa shape index (κ2) is 6.80. The van der Waals surface area contributed by atoms with Gasteiger partial charge in [-0.3, -0.25) is 9.89 Å². The van der Waals surface area contributed by atoms with Gasteiger partial charge in [-0.05, 0) is 50.2 Å².